The van der Waals surface area contributed by atoms with E-state index < -0.39 is 83.8 Å². The number of ether oxygens (including phenoxy) is 2. The fourth-order valence-electron chi connectivity index (χ4n) is 5.26. The number of amides is 4. The molecule has 0 saturated carbocycles. The Bertz CT molecular complexity index is 1070. The van der Waals surface area contributed by atoms with Crippen molar-refractivity contribution in [1.82, 2.24) is 20.9 Å². The highest BCUT2D eigenvalue weighted by Crippen LogP contribution is 2.20. The second kappa shape index (κ2) is 18.2. The van der Waals surface area contributed by atoms with E-state index in [1.165, 1.54) is 11.9 Å². The summed E-state index contributed by atoms with van der Waals surface area (Å²) in [6.07, 6.45) is -1.85. The Morgan fingerprint density at radius 3 is 1.52 bits per heavy atom. The van der Waals surface area contributed by atoms with Gasteiger partial charge in [-0.15, -0.1) is 0 Å². The van der Waals surface area contributed by atoms with E-state index in [0.29, 0.717) is 0 Å². The number of likely N-dealkylation sites (N-methyl/N-ethyl adjacent to an activating group) is 1. The van der Waals surface area contributed by atoms with Gasteiger partial charge in [-0.25, -0.2) is 9.59 Å². The first-order valence-corrected chi connectivity index (χ1v) is 16.8. The summed E-state index contributed by atoms with van der Waals surface area (Å²) in [5.74, 6) is -5.30. The monoisotopic (exact) mass is 652 g/mol. The Kier molecular flexibility index (Phi) is 16.2. The predicted octanol–water partition coefficient (Wildman–Crippen LogP) is 3.21. The molecule has 0 aromatic carbocycles. The van der Waals surface area contributed by atoms with Crippen LogP contribution in [0.4, 0.5) is 0 Å². The minimum atomic E-state index is -1.26. The number of nitrogens with zero attached hydrogens (tertiary/aromatic N) is 1. The number of carbonyl (C=O) groups is 6. The molecule has 12 heteroatoms. The topological polar surface area (TPSA) is 160 Å². The third-order valence-corrected chi connectivity index (χ3v) is 7.91. The third-order valence-electron chi connectivity index (χ3n) is 7.91. The molecule has 1 heterocycles. The van der Waals surface area contributed by atoms with Crippen LogP contribution in [0.3, 0.4) is 0 Å². The molecule has 6 atom stereocenters. The quantitative estimate of drug-likeness (QED) is 0.320. The maximum atomic E-state index is 13.9. The van der Waals surface area contributed by atoms with E-state index in [0.717, 1.165) is 0 Å². The number of esters is 2. The Hall–Kier alpha value is -3.18. The number of hydrogen-bond acceptors (Lipinski definition) is 8. The molecule has 0 bridgehead atoms. The second-order valence-electron chi connectivity index (χ2n) is 14.9. The summed E-state index contributed by atoms with van der Waals surface area (Å²) in [5, 5.41) is 8.24. The molecule has 3 N–H and O–H groups in total. The van der Waals surface area contributed by atoms with Crippen LogP contribution >= 0.6 is 0 Å². The molecule has 0 aliphatic carbocycles. The average molecular weight is 653 g/mol. The minimum absolute atomic E-state index is 0.0216. The zero-order valence-electron chi connectivity index (χ0n) is 30.3. The van der Waals surface area contributed by atoms with Crippen molar-refractivity contribution in [2.24, 2.45) is 35.5 Å². The maximum absolute atomic E-state index is 13.9. The van der Waals surface area contributed by atoms with Gasteiger partial charge in [0.05, 0.1) is 0 Å². The predicted molar refractivity (Wildman–Crippen MR) is 175 cm³/mol. The Labute approximate surface area is 275 Å². The summed E-state index contributed by atoms with van der Waals surface area (Å²) in [5.41, 5.74) is 0. The maximum Gasteiger partial charge on any atom is 0.329 e. The van der Waals surface area contributed by atoms with Gasteiger partial charge in [0, 0.05) is 7.05 Å². The van der Waals surface area contributed by atoms with Gasteiger partial charge in [-0.3, -0.25) is 19.2 Å². The summed E-state index contributed by atoms with van der Waals surface area (Å²) < 4.78 is 11.6. The van der Waals surface area contributed by atoms with Crippen molar-refractivity contribution in [2.75, 3.05) is 7.05 Å². The van der Waals surface area contributed by atoms with Crippen molar-refractivity contribution in [1.29, 1.82) is 0 Å². The highest BCUT2D eigenvalue weighted by molar-refractivity contribution is 5.95. The summed E-state index contributed by atoms with van der Waals surface area (Å²) >= 11 is 0. The molecule has 1 rings (SSSR count). The van der Waals surface area contributed by atoms with Gasteiger partial charge in [0.25, 0.3) is 11.8 Å². The fraction of sp³-hybridized carbons (Fsp3) is 0.824. The number of rotatable bonds is 9. The fourth-order valence-corrected chi connectivity index (χ4v) is 5.26. The lowest BCUT2D eigenvalue weighted by Gasteiger charge is -2.35. The van der Waals surface area contributed by atoms with Crippen LogP contribution in [-0.2, 0) is 38.2 Å². The lowest BCUT2D eigenvalue weighted by molar-refractivity contribution is -0.167. The van der Waals surface area contributed by atoms with Crippen LogP contribution in [0, 0.1) is 35.5 Å². The lowest BCUT2D eigenvalue weighted by atomic mass is 9.97. The summed E-state index contributed by atoms with van der Waals surface area (Å²) in [6.45, 7) is 21.8. The van der Waals surface area contributed by atoms with E-state index in [4.69, 9.17) is 9.47 Å². The van der Waals surface area contributed by atoms with Crippen molar-refractivity contribution in [2.45, 2.75) is 139 Å². The molecular formula is C34H60N4O8. The van der Waals surface area contributed by atoms with Crippen LogP contribution in [0.2, 0.25) is 0 Å². The third kappa shape index (κ3) is 12.2. The number of hydrogen-bond donors (Lipinski definition) is 3. The Morgan fingerprint density at radius 2 is 1.07 bits per heavy atom. The number of nitrogens with one attached hydrogen (secondary N) is 3. The molecule has 1 fully saturated rings. The highest BCUT2D eigenvalue weighted by atomic mass is 16.6. The van der Waals surface area contributed by atoms with Gasteiger partial charge in [0.15, 0.2) is 12.2 Å². The first kappa shape index (κ1) is 40.8. The van der Waals surface area contributed by atoms with Gasteiger partial charge < -0.3 is 30.3 Å². The molecule has 12 nitrogen and oxygen atoms in total. The largest absolute Gasteiger partial charge is 0.451 e. The molecule has 0 aromatic rings. The van der Waals surface area contributed by atoms with Gasteiger partial charge in [-0.05, 0) is 54.8 Å². The molecule has 1 saturated heterocycles. The summed E-state index contributed by atoms with van der Waals surface area (Å²) in [7, 11) is 1.47. The van der Waals surface area contributed by atoms with Gasteiger partial charge >= 0.3 is 11.9 Å². The average Bonchev–Trinajstić information content (AvgIpc) is 2.92. The minimum Gasteiger partial charge on any atom is -0.451 e. The number of cyclic esters (lactones) is 2. The van der Waals surface area contributed by atoms with Crippen molar-refractivity contribution in [3.63, 3.8) is 0 Å². The molecule has 0 spiro atoms. The number of carbonyl (C=O) groups excluding carboxylic acids is 6. The molecule has 0 aromatic heterocycles. The van der Waals surface area contributed by atoms with Crippen LogP contribution < -0.4 is 16.0 Å². The van der Waals surface area contributed by atoms with E-state index >= 15 is 0 Å². The van der Waals surface area contributed by atoms with E-state index in [1.54, 1.807) is 41.5 Å². The summed E-state index contributed by atoms with van der Waals surface area (Å²) in [6, 6.07) is -4.26. The van der Waals surface area contributed by atoms with E-state index in [1.807, 2.05) is 41.5 Å². The van der Waals surface area contributed by atoms with Gasteiger partial charge in [-0.1, -0.05) is 83.1 Å². The van der Waals surface area contributed by atoms with Crippen LogP contribution in [-0.4, -0.2) is 83.9 Å². The van der Waals surface area contributed by atoms with Crippen LogP contribution in [0.15, 0.2) is 0 Å². The van der Waals surface area contributed by atoms with Gasteiger partial charge in [0.1, 0.15) is 24.2 Å². The Morgan fingerprint density at radius 1 is 0.565 bits per heavy atom. The van der Waals surface area contributed by atoms with E-state index in [2.05, 4.69) is 16.0 Å². The normalized spacial score (nSPS) is 26.7. The van der Waals surface area contributed by atoms with E-state index in [9.17, 15) is 28.8 Å². The first-order chi connectivity index (χ1) is 21.2. The second-order valence-corrected chi connectivity index (χ2v) is 14.9. The van der Waals surface area contributed by atoms with Crippen LogP contribution in [0.5, 0.6) is 0 Å². The van der Waals surface area contributed by atoms with Gasteiger partial charge in [-0.2, -0.15) is 0 Å². The summed E-state index contributed by atoms with van der Waals surface area (Å²) in [4.78, 5) is 83.4. The van der Waals surface area contributed by atoms with Crippen molar-refractivity contribution >= 4 is 35.6 Å². The molecule has 264 valence electrons. The van der Waals surface area contributed by atoms with Crippen LogP contribution in [0.1, 0.15) is 102 Å². The zero-order chi connectivity index (χ0) is 35.6. The standard InChI is InChI=1S/C34H60N4O8/c1-17(2)14-23-33(43)45-25(16-19(5)6)29(39)37-27(21(9)10)32(42)38(13)24(15-18(3)4)34(44)46-28(22(11)12)31(41)36-26(20(7)8)30(40)35-23/h17-28H,14-16H2,1-13H3,(H,35,40)(H,36,41)(H,37,39)/t23-,24+,25+,26-,27+,28+/m1/s1. The van der Waals surface area contributed by atoms with Gasteiger partial charge in [0.2, 0.25) is 11.8 Å². The molecule has 0 radical (unpaired) electrons. The Balaban J connectivity index is 3.81. The van der Waals surface area contributed by atoms with E-state index in [-0.39, 0.29) is 42.9 Å². The molecule has 1 aliphatic heterocycles. The zero-order valence-corrected chi connectivity index (χ0v) is 30.3. The molecule has 4 amide bonds. The van der Waals surface area contributed by atoms with Crippen molar-refractivity contribution in [3.05, 3.63) is 0 Å². The SMILES string of the molecule is CC(C)C[C@@H]1OC(=O)[C@@H](CC(C)C)NC(=O)[C@@H](C(C)C)NC(=O)[C@H](C(C)C)OC(=O)[C@H](CC(C)C)N(C)C(=O)[C@H](C(C)C)NC1=O. The van der Waals surface area contributed by atoms with Crippen LogP contribution in [0.25, 0.3) is 0 Å². The molecule has 1 aliphatic rings. The smallest absolute Gasteiger partial charge is 0.329 e. The van der Waals surface area contributed by atoms with Crippen molar-refractivity contribution < 1.29 is 38.2 Å². The molecular weight excluding hydrogens is 592 g/mol. The first-order valence-electron chi connectivity index (χ1n) is 16.8. The lowest BCUT2D eigenvalue weighted by Crippen LogP contribution is -2.59. The molecule has 0 unspecified atom stereocenters. The van der Waals surface area contributed by atoms with Crippen molar-refractivity contribution in [3.8, 4) is 0 Å². The molecule has 46 heavy (non-hydrogen) atoms. The highest BCUT2D eigenvalue weighted by Gasteiger charge is 2.40.